The summed E-state index contributed by atoms with van der Waals surface area (Å²) in [6.07, 6.45) is 5.19. The van der Waals surface area contributed by atoms with E-state index in [2.05, 4.69) is 27.1 Å². The van der Waals surface area contributed by atoms with Crippen LogP contribution >= 0.6 is 11.8 Å². The van der Waals surface area contributed by atoms with Crippen molar-refractivity contribution in [3.8, 4) is 17.1 Å². The lowest BCUT2D eigenvalue weighted by atomic mass is 10.2. The minimum absolute atomic E-state index is 0.128. The Bertz CT molecular complexity index is 958. The van der Waals surface area contributed by atoms with Crippen LogP contribution in [0.25, 0.3) is 11.4 Å². The maximum atomic E-state index is 12.6. The van der Waals surface area contributed by atoms with Crippen molar-refractivity contribution < 1.29 is 9.53 Å². The highest BCUT2D eigenvalue weighted by molar-refractivity contribution is 8.00. The van der Waals surface area contributed by atoms with Crippen LogP contribution in [-0.2, 0) is 11.3 Å². The second kappa shape index (κ2) is 9.18. The van der Waals surface area contributed by atoms with Crippen LogP contribution in [0.1, 0.15) is 6.92 Å². The Balaban J connectivity index is 1.76. The van der Waals surface area contributed by atoms with Crippen molar-refractivity contribution >= 4 is 23.4 Å². The third-order valence-electron chi connectivity index (χ3n) is 3.96. The number of methoxy groups -OCH3 is 1. The van der Waals surface area contributed by atoms with Gasteiger partial charge in [-0.05, 0) is 31.2 Å². The zero-order valence-corrected chi connectivity index (χ0v) is 16.5. The largest absolute Gasteiger partial charge is 0.497 e. The molecule has 8 heteroatoms. The molecule has 1 atom stereocenters. The number of benzene rings is 1. The van der Waals surface area contributed by atoms with Gasteiger partial charge in [-0.1, -0.05) is 23.9 Å². The normalized spacial score (nSPS) is 11.6. The molecule has 0 aliphatic heterocycles. The number of carbonyl (C=O) groups excluding carboxylic acids is 1. The van der Waals surface area contributed by atoms with E-state index in [-0.39, 0.29) is 11.2 Å². The smallest absolute Gasteiger partial charge is 0.237 e. The van der Waals surface area contributed by atoms with Gasteiger partial charge in [-0.25, -0.2) is 0 Å². The van der Waals surface area contributed by atoms with Gasteiger partial charge in [0.25, 0.3) is 0 Å². The summed E-state index contributed by atoms with van der Waals surface area (Å²) in [4.78, 5) is 16.6. The van der Waals surface area contributed by atoms with Crippen molar-refractivity contribution in [2.45, 2.75) is 23.9 Å². The molecular weight excluding hydrogens is 374 g/mol. The van der Waals surface area contributed by atoms with Crippen molar-refractivity contribution in [1.82, 2.24) is 19.7 Å². The van der Waals surface area contributed by atoms with E-state index >= 15 is 0 Å². The lowest BCUT2D eigenvalue weighted by Gasteiger charge is -2.13. The number of aromatic nitrogens is 4. The Morgan fingerprint density at radius 2 is 2.11 bits per heavy atom. The molecule has 2 heterocycles. The first-order chi connectivity index (χ1) is 13.6. The number of thioether (sulfide) groups is 1. The molecular formula is C20H21N5O2S. The highest BCUT2D eigenvalue weighted by atomic mass is 32.2. The predicted molar refractivity (Wildman–Crippen MR) is 110 cm³/mol. The van der Waals surface area contributed by atoms with Crippen LogP contribution in [0.3, 0.4) is 0 Å². The molecule has 1 amide bonds. The standard InChI is InChI=1S/C20H21N5O2S/c1-4-12-25-18(15-8-10-21-11-9-15)23-24-20(25)28-14(2)19(26)22-16-6-5-7-17(13-16)27-3/h4-11,13-14H,1,12H2,2-3H3,(H,22,26)/t14-/m0/s1. The van der Waals surface area contributed by atoms with Crippen LogP contribution < -0.4 is 10.1 Å². The maximum Gasteiger partial charge on any atom is 0.237 e. The fourth-order valence-electron chi connectivity index (χ4n) is 2.54. The minimum Gasteiger partial charge on any atom is -0.497 e. The lowest BCUT2D eigenvalue weighted by molar-refractivity contribution is -0.115. The predicted octanol–water partition coefficient (Wildman–Crippen LogP) is 3.65. The molecule has 2 aromatic heterocycles. The number of hydrogen-bond donors (Lipinski definition) is 1. The van der Waals surface area contributed by atoms with Crippen molar-refractivity contribution in [1.29, 1.82) is 0 Å². The first-order valence-electron chi connectivity index (χ1n) is 8.68. The molecule has 0 unspecified atom stereocenters. The van der Waals surface area contributed by atoms with Gasteiger partial charge in [-0.3, -0.25) is 14.3 Å². The molecule has 1 aromatic carbocycles. The number of pyridine rings is 1. The van der Waals surface area contributed by atoms with Gasteiger partial charge in [-0.2, -0.15) is 0 Å². The molecule has 0 saturated heterocycles. The lowest BCUT2D eigenvalue weighted by Crippen LogP contribution is -2.23. The average Bonchev–Trinajstić information content (AvgIpc) is 3.11. The molecule has 0 radical (unpaired) electrons. The summed E-state index contributed by atoms with van der Waals surface area (Å²) in [5, 5.41) is 11.8. The molecule has 3 rings (SSSR count). The second-order valence-corrected chi connectivity index (χ2v) is 7.23. The third kappa shape index (κ3) is 4.58. The zero-order valence-electron chi connectivity index (χ0n) is 15.7. The number of amides is 1. The van der Waals surface area contributed by atoms with E-state index in [9.17, 15) is 4.79 Å². The second-order valence-electron chi connectivity index (χ2n) is 5.92. The number of rotatable bonds is 8. The molecule has 7 nitrogen and oxygen atoms in total. The van der Waals surface area contributed by atoms with E-state index in [1.165, 1.54) is 11.8 Å². The topological polar surface area (TPSA) is 81.9 Å². The summed E-state index contributed by atoms with van der Waals surface area (Å²) in [6, 6.07) is 11.0. The first-order valence-corrected chi connectivity index (χ1v) is 9.56. The molecule has 1 N–H and O–H groups in total. The Labute approximate surface area is 167 Å². The fourth-order valence-corrected chi connectivity index (χ4v) is 3.40. The van der Waals surface area contributed by atoms with E-state index in [4.69, 9.17) is 4.74 Å². The molecule has 0 spiro atoms. The van der Waals surface area contributed by atoms with E-state index in [1.807, 2.05) is 41.8 Å². The van der Waals surface area contributed by atoms with Crippen molar-refractivity contribution in [2.75, 3.05) is 12.4 Å². The van der Waals surface area contributed by atoms with E-state index in [1.54, 1.807) is 31.6 Å². The summed E-state index contributed by atoms with van der Waals surface area (Å²) in [6.45, 7) is 6.18. The maximum absolute atomic E-state index is 12.6. The Hall–Kier alpha value is -3.13. The van der Waals surface area contributed by atoms with E-state index < -0.39 is 0 Å². The van der Waals surface area contributed by atoms with Crippen LogP contribution in [-0.4, -0.2) is 38.0 Å². The number of nitrogens with zero attached hydrogens (tertiary/aromatic N) is 4. The van der Waals surface area contributed by atoms with Gasteiger partial charge in [0.15, 0.2) is 11.0 Å². The van der Waals surface area contributed by atoms with Crippen molar-refractivity contribution in [2.24, 2.45) is 0 Å². The van der Waals surface area contributed by atoms with Crippen LogP contribution in [0, 0.1) is 0 Å². The number of nitrogens with one attached hydrogen (secondary N) is 1. The zero-order chi connectivity index (χ0) is 19.9. The summed E-state index contributed by atoms with van der Waals surface area (Å²) < 4.78 is 7.12. The third-order valence-corrected chi connectivity index (χ3v) is 5.04. The summed E-state index contributed by atoms with van der Waals surface area (Å²) in [7, 11) is 1.59. The van der Waals surface area contributed by atoms with Gasteiger partial charge in [-0.15, -0.1) is 16.8 Å². The number of anilines is 1. The first kappa shape index (κ1) is 19.6. The molecule has 0 aliphatic rings. The van der Waals surface area contributed by atoms with Gasteiger partial charge < -0.3 is 10.1 Å². The minimum atomic E-state index is -0.371. The monoisotopic (exact) mass is 395 g/mol. The molecule has 0 bridgehead atoms. The molecule has 0 fully saturated rings. The van der Waals surface area contributed by atoms with Crippen LogP contribution in [0.2, 0.25) is 0 Å². The van der Waals surface area contributed by atoms with Gasteiger partial charge in [0.1, 0.15) is 5.75 Å². The Morgan fingerprint density at radius 1 is 1.32 bits per heavy atom. The molecule has 3 aromatic rings. The van der Waals surface area contributed by atoms with E-state index in [0.717, 1.165) is 5.56 Å². The van der Waals surface area contributed by atoms with Gasteiger partial charge >= 0.3 is 0 Å². The van der Waals surface area contributed by atoms with Crippen LogP contribution in [0.4, 0.5) is 5.69 Å². The van der Waals surface area contributed by atoms with Crippen molar-refractivity contribution in [3.63, 3.8) is 0 Å². The number of allylic oxidation sites excluding steroid dienone is 1. The quantitative estimate of drug-likeness (QED) is 0.463. The van der Waals surface area contributed by atoms with Crippen LogP contribution in [0.5, 0.6) is 5.75 Å². The molecule has 144 valence electrons. The molecule has 0 saturated carbocycles. The average molecular weight is 395 g/mol. The fraction of sp³-hybridized carbons (Fsp3) is 0.200. The van der Waals surface area contributed by atoms with Gasteiger partial charge in [0.05, 0.1) is 12.4 Å². The Morgan fingerprint density at radius 3 is 2.82 bits per heavy atom. The van der Waals surface area contributed by atoms with Crippen molar-refractivity contribution in [3.05, 3.63) is 61.4 Å². The van der Waals surface area contributed by atoms with Gasteiger partial charge in [0, 0.05) is 36.3 Å². The SMILES string of the molecule is C=CCn1c(S[C@@H](C)C(=O)Nc2cccc(OC)c2)nnc1-c1ccncc1. The number of hydrogen-bond acceptors (Lipinski definition) is 6. The van der Waals surface area contributed by atoms with Gasteiger partial charge in [0.2, 0.25) is 5.91 Å². The number of carbonyl (C=O) groups is 1. The van der Waals surface area contributed by atoms with Crippen LogP contribution in [0.15, 0.2) is 66.6 Å². The summed E-state index contributed by atoms with van der Waals surface area (Å²) in [5.41, 5.74) is 1.59. The van der Waals surface area contributed by atoms with E-state index in [0.29, 0.717) is 29.0 Å². The summed E-state index contributed by atoms with van der Waals surface area (Å²) in [5.74, 6) is 1.27. The number of ether oxygens (including phenoxy) is 1. The summed E-state index contributed by atoms with van der Waals surface area (Å²) >= 11 is 1.35. The highest BCUT2D eigenvalue weighted by Crippen LogP contribution is 2.27. The molecule has 28 heavy (non-hydrogen) atoms. The highest BCUT2D eigenvalue weighted by Gasteiger charge is 2.20. The Kier molecular flexibility index (Phi) is 6.44. The molecule has 0 aliphatic carbocycles.